The van der Waals surface area contributed by atoms with Crippen molar-refractivity contribution in [1.29, 1.82) is 0 Å². The quantitative estimate of drug-likeness (QED) is 0.203. The first-order valence-corrected chi connectivity index (χ1v) is 13.9. The molecule has 9 heteroatoms. The Hall–Kier alpha value is -4.47. The van der Waals surface area contributed by atoms with Crippen LogP contribution in [0.15, 0.2) is 37.4 Å². The molecule has 4 N–H and O–H groups in total. The third-order valence-corrected chi connectivity index (χ3v) is 8.22. The van der Waals surface area contributed by atoms with E-state index in [1.54, 1.807) is 0 Å². The van der Waals surface area contributed by atoms with Gasteiger partial charge in [-0.1, -0.05) is 25.3 Å². The number of hydrogen-bond acceptors (Lipinski definition) is 4. The Kier molecular flexibility index (Phi) is 9.08. The Bertz CT molecular complexity index is 1920. The van der Waals surface area contributed by atoms with Gasteiger partial charge in [-0.25, -0.2) is 9.97 Å². The van der Waals surface area contributed by atoms with Gasteiger partial charge >= 0.3 is 28.7 Å². The van der Waals surface area contributed by atoms with E-state index in [9.17, 15) is 19.8 Å². The number of nitrogens with zero attached hydrogens (tertiary/aromatic N) is 2. The van der Waals surface area contributed by atoms with Gasteiger partial charge in [0.25, 0.3) is 0 Å². The number of allylic oxidation sites excluding steroid dienone is 4. The number of carboxylic acid groups (broad SMARTS) is 2. The average molecular weight is 622 g/mol. The normalized spacial score (nSPS) is 12.7. The molecule has 3 aromatic rings. The molecule has 0 atom stereocenters. The SMILES string of the molecule is C=Cc1c(C)c2cc3[nH]c(cc4nc(cc5nc(cc1[nH]2)C(C)=C5CCC(=O)O)C(CCC(=O)O)=C4C)c(C)c3C=C.[Co+2]. The van der Waals surface area contributed by atoms with Gasteiger partial charge in [0.15, 0.2) is 0 Å². The summed E-state index contributed by atoms with van der Waals surface area (Å²) in [6, 6.07) is 7.88. The topological polar surface area (TPSA) is 132 Å². The second-order valence-corrected chi connectivity index (χ2v) is 10.7. The monoisotopic (exact) mass is 621 g/mol. The van der Waals surface area contributed by atoms with Crippen LogP contribution in [0.5, 0.6) is 0 Å². The summed E-state index contributed by atoms with van der Waals surface area (Å²) in [4.78, 5) is 40.0. The van der Waals surface area contributed by atoms with E-state index in [1.807, 2.05) is 58.0 Å². The Morgan fingerprint density at radius 2 is 1.07 bits per heavy atom. The van der Waals surface area contributed by atoms with E-state index in [2.05, 4.69) is 29.2 Å². The zero-order chi connectivity index (χ0) is 30.3. The van der Waals surface area contributed by atoms with Crippen molar-refractivity contribution in [1.82, 2.24) is 19.9 Å². The number of aliphatic carboxylic acids is 2. The Balaban J connectivity index is 0.00000423. The maximum atomic E-state index is 11.5. The van der Waals surface area contributed by atoms with Crippen LogP contribution in [-0.2, 0) is 26.4 Å². The third-order valence-electron chi connectivity index (χ3n) is 8.22. The number of nitrogens with one attached hydrogen (secondary N) is 2. The van der Waals surface area contributed by atoms with Crippen molar-refractivity contribution < 1.29 is 36.6 Å². The summed E-state index contributed by atoms with van der Waals surface area (Å²) in [6.07, 6.45) is 4.20. The van der Waals surface area contributed by atoms with Gasteiger partial charge in [-0.2, -0.15) is 0 Å². The summed E-state index contributed by atoms with van der Waals surface area (Å²) >= 11 is 0. The molecule has 0 fully saturated rings. The van der Waals surface area contributed by atoms with E-state index in [0.29, 0.717) is 24.2 Å². The van der Waals surface area contributed by atoms with Crippen molar-refractivity contribution in [3.63, 3.8) is 0 Å². The van der Waals surface area contributed by atoms with Crippen LogP contribution < -0.4 is 0 Å². The first kappa shape index (κ1) is 31.5. The van der Waals surface area contributed by atoms with Crippen molar-refractivity contribution >= 4 is 68.4 Å². The van der Waals surface area contributed by atoms with E-state index in [1.165, 1.54) is 0 Å². The van der Waals surface area contributed by atoms with Crippen LogP contribution in [0.1, 0.15) is 84.6 Å². The number of hydrogen-bond donors (Lipinski definition) is 4. The number of H-pyrrole nitrogens is 2. The van der Waals surface area contributed by atoms with Crippen molar-refractivity contribution in [2.24, 2.45) is 0 Å². The first-order valence-electron chi connectivity index (χ1n) is 13.9. The minimum atomic E-state index is -0.889. The van der Waals surface area contributed by atoms with Gasteiger partial charge in [0.1, 0.15) is 0 Å². The number of aromatic amines is 2. The van der Waals surface area contributed by atoms with Crippen LogP contribution in [0.2, 0.25) is 0 Å². The van der Waals surface area contributed by atoms with Crippen molar-refractivity contribution in [2.45, 2.75) is 53.4 Å². The zero-order valence-corrected chi connectivity index (χ0v) is 25.7. The van der Waals surface area contributed by atoms with Crippen LogP contribution in [0.4, 0.5) is 0 Å². The molecular formula is C34H34CoN4O4+2. The van der Waals surface area contributed by atoms with Gasteiger partial charge in [0, 0.05) is 46.0 Å². The molecule has 0 amide bonds. The summed E-state index contributed by atoms with van der Waals surface area (Å²) in [5.74, 6) is -1.78. The van der Waals surface area contributed by atoms with Crippen LogP contribution >= 0.6 is 0 Å². The molecule has 221 valence electrons. The zero-order valence-electron chi connectivity index (χ0n) is 24.6. The summed E-state index contributed by atoms with van der Waals surface area (Å²) in [5, 5.41) is 18.9. The average Bonchev–Trinajstić information content (AvgIpc) is 3.59. The Morgan fingerprint density at radius 3 is 1.49 bits per heavy atom. The number of carboxylic acids is 2. The van der Waals surface area contributed by atoms with Crippen molar-refractivity contribution in [2.75, 3.05) is 0 Å². The fraction of sp³-hybridized carbons (Fsp3) is 0.235. The molecule has 0 aliphatic carbocycles. The maximum Gasteiger partial charge on any atom is 2.00 e. The van der Waals surface area contributed by atoms with E-state index >= 15 is 0 Å². The number of carbonyl (C=O) groups is 2. The summed E-state index contributed by atoms with van der Waals surface area (Å²) in [5.41, 5.74) is 13.7. The number of aromatic nitrogens is 4. The number of aryl methyl sites for hydroxylation is 2. The van der Waals surface area contributed by atoms with E-state index in [4.69, 9.17) is 9.97 Å². The largest absolute Gasteiger partial charge is 2.00 e. The van der Waals surface area contributed by atoms with E-state index < -0.39 is 11.9 Å². The molecule has 8 nitrogen and oxygen atoms in total. The van der Waals surface area contributed by atoms with Crippen LogP contribution in [-0.4, -0.2) is 42.1 Å². The molecule has 0 unspecified atom stereocenters. The summed E-state index contributed by atoms with van der Waals surface area (Å²) < 4.78 is 0. The third kappa shape index (κ3) is 5.91. The number of rotatable bonds is 8. The van der Waals surface area contributed by atoms with Gasteiger partial charge < -0.3 is 20.2 Å². The molecule has 3 aromatic heterocycles. The van der Waals surface area contributed by atoms with Crippen molar-refractivity contribution in [3.8, 4) is 0 Å². The second-order valence-electron chi connectivity index (χ2n) is 10.7. The molecule has 0 spiro atoms. The van der Waals surface area contributed by atoms with Gasteiger partial charge in [-0.15, -0.1) is 0 Å². The van der Waals surface area contributed by atoms with Gasteiger partial charge in [-0.05, 0) is 98.2 Å². The maximum absolute atomic E-state index is 11.5. The molecule has 0 saturated heterocycles. The van der Waals surface area contributed by atoms with Crippen LogP contribution in [0.25, 0.3) is 56.5 Å². The molecule has 5 heterocycles. The molecule has 1 radical (unpaired) electrons. The van der Waals surface area contributed by atoms with Crippen LogP contribution in [0, 0.1) is 13.8 Å². The molecule has 2 aliphatic heterocycles. The molecule has 0 saturated carbocycles. The van der Waals surface area contributed by atoms with Crippen molar-refractivity contribution in [3.05, 3.63) is 82.5 Å². The van der Waals surface area contributed by atoms with Gasteiger partial charge in [-0.3, -0.25) is 9.59 Å². The Morgan fingerprint density at radius 1 is 0.674 bits per heavy atom. The predicted octanol–water partition coefficient (Wildman–Crippen LogP) is 7.81. The molecule has 43 heavy (non-hydrogen) atoms. The Labute approximate surface area is 260 Å². The summed E-state index contributed by atoms with van der Waals surface area (Å²) in [7, 11) is 0. The standard InChI is InChI=1S/C34H34N4O4.Co/c1-7-21-17(3)25-13-26-19(5)23(9-11-33(39)40)31(37-26)16-32-24(10-12-34(41)42)20(6)28(38-32)15-30-22(8-2)18(4)27(36-30)14-29(21)35-25;/h7-8,13-16,35-36H,1-2,9-12H2,3-6H3,(H,39,40)(H,41,42);/q;+2. The predicted molar refractivity (Wildman–Crippen MR) is 169 cm³/mol. The minimum Gasteiger partial charge on any atom is -0.481 e. The van der Waals surface area contributed by atoms with Gasteiger partial charge in [0.2, 0.25) is 0 Å². The second kappa shape index (κ2) is 12.4. The fourth-order valence-corrected chi connectivity index (χ4v) is 5.77. The van der Waals surface area contributed by atoms with Crippen LogP contribution in [0.3, 0.4) is 0 Å². The molecular weight excluding hydrogens is 587 g/mol. The van der Waals surface area contributed by atoms with E-state index in [-0.39, 0.29) is 29.6 Å². The van der Waals surface area contributed by atoms with Gasteiger partial charge in [0.05, 0.1) is 22.8 Å². The molecule has 5 rings (SSSR count). The smallest absolute Gasteiger partial charge is 0.481 e. The van der Waals surface area contributed by atoms with E-state index in [0.717, 1.165) is 78.0 Å². The fourth-order valence-electron chi connectivity index (χ4n) is 5.77. The number of fused-ring (bicyclic) bond motifs is 8. The molecule has 2 aliphatic rings. The minimum absolute atomic E-state index is 0. The first-order chi connectivity index (χ1) is 20.0. The molecule has 8 bridgehead atoms. The summed E-state index contributed by atoms with van der Waals surface area (Å²) in [6.45, 7) is 16.1. The molecule has 0 aromatic carbocycles.